The van der Waals surface area contributed by atoms with Gasteiger partial charge in [0.2, 0.25) is 0 Å². The van der Waals surface area contributed by atoms with Crippen molar-refractivity contribution in [2.45, 2.75) is 26.7 Å². The van der Waals surface area contributed by atoms with E-state index < -0.39 is 17.9 Å². The van der Waals surface area contributed by atoms with Crippen LogP contribution in [0.15, 0.2) is 46.8 Å². The number of nitrogens with zero attached hydrogens (tertiary/aromatic N) is 2. The summed E-state index contributed by atoms with van der Waals surface area (Å²) in [6.07, 6.45) is 0. The van der Waals surface area contributed by atoms with Gasteiger partial charge in [0.1, 0.15) is 0 Å². The van der Waals surface area contributed by atoms with E-state index in [0.29, 0.717) is 34.0 Å². The Labute approximate surface area is 195 Å². The summed E-state index contributed by atoms with van der Waals surface area (Å²) in [6.45, 7) is 10.1. The molecule has 1 N–H and O–H groups in total. The smallest absolute Gasteiger partial charge is 0.336 e. The monoisotopic (exact) mass is 461 g/mol. The molecule has 32 heavy (non-hydrogen) atoms. The Balaban J connectivity index is 2.12. The van der Waals surface area contributed by atoms with Crippen molar-refractivity contribution >= 4 is 23.5 Å². The zero-order valence-electron chi connectivity index (χ0n) is 19.2. The average molecular weight is 462 g/mol. The molecule has 0 spiro atoms. The van der Waals surface area contributed by atoms with E-state index in [0.717, 1.165) is 31.9 Å². The molecule has 2 heterocycles. The highest BCUT2D eigenvalue weighted by atomic mass is 35.5. The van der Waals surface area contributed by atoms with Gasteiger partial charge in [-0.3, -0.25) is 4.90 Å². The van der Waals surface area contributed by atoms with Crippen LogP contribution in [0.4, 0.5) is 0 Å². The van der Waals surface area contributed by atoms with Crippen LogP contribution in [0.25, 0.3) is 0 Å². The summed E-state index contributed by atoms with van der Waals surface area (Å²) >= 11 is 6.57. The van der Waals surface area contributed by atoms with Crippen LogP contribution in [0.2, 0.25) is 5.02 Å². The lowest BCUT2D eigenvalue weighted by Crippen LogP contribution is -2.47. The number of allylic oxidation sites excluding steroid dienone is 1. The number of nitrogens with one attached hydrogen (secondary N) is 1. The fourth-order valence-corrected chi connectivity index (χ4v) is 4.45. The average Bonchev–Trinajstić information content (AvgIpc) is 2.75. The number of carbonyl (C=O) groups excluding carboxylic acids is 2. The van der Waals surface area contributed by atoms with Gasteiger partial charge < -0.3 is 19.7 Å². The lowest BCUT2D eigenvalue weighted by molar-refractivity contribution is -0.139. The normalized spacial score (nSPS) is 20.2. The second-order valence-corrected chi connectivity index (χ2v) is 8.44. The molecule has 7 nitrogen and oxygen atoms in total. The molecule has 0 bridgehead atoms. The molecule has 0 radical (unpaired) electrons. The number of hydrogen-bond acceptors (Lipinski definition) is 7. The fraction of sp³-hybridized carbons (Fsp3) is 0.500. The summed E-state index contributed by atoms with van der Waals surface area (Å²) in [4.78, 5) is 30.9. The number of piperazine rings is 1. The van der Waals surface area contributed by atoms with Crippen LogP contribution in [0.5, 0.6) is 0 Å². The lowest BCUT2D eigenvalue weighted by Gasteiger charge is -2.36. The standard InChI is InChI=1S/C24H32ClN3O4/c1-5-31-23(29)20-16(3)26-19(15-28-13-11-27(4)12-14-28)22(24(30)32-6-2)21(20)17-9-7-8-10-18(17)25/h7-10,21,26H,5-6,11-15H2,1-4H3. The summed E-state index contributed by atoms with van der Waals surface area (Å²) < 4.78 is 10.8. The summed E-state index contributed by atoms with van der Waals surface area (Å²) in [5.41, 5.74) is 2.86. The topological polar surface area (TPSA) is 71.1 Å². The Morgan fingerprint density at radius 2 is 1.62 bits per heavy atom. The zero-order chi connectivity index (χ0) is 23.3. The van der Waals surface area contributed by atoms with Crippen LogP contribution in [0.3, 0.4) is 0 Å². The van der Waals surface area contributed by atoms with E-state index in [4.69, 9.17) is 21.1 Å². The number of rotatable bonds is 7. The van der Waals surface area contributed by atoms with Crippen molar-refractivity contribution in [2.24, 2.45) is 0 Å². The number of halogens is 1. The second kappa shape index (κ2) is 11.0. The Bertz CT molecular complexity index is 920. The molecule has 1 unspecified atom stereocenters. The Kier molecular flexibility index (Phi) is 8.34. The number of dihydropyridines is 1. The van der Waals surface area contributed by atoms with Gasteiger partial charge in [0.15, 0.2) is 0 Å². The number of benzene rings is 1. The minimum absolute atomic E-state index is 0.233. The molecule has 1 saturated heterocycles. The summed E-state index contributed by atoms with van der Waals surface area (Å²) in [5.74, 6) is -1.60. The molecule has 2 aliphatic rings. The van der Waals surface area contributed by atoms with Gasteiger partial charge in [-0.25, -0.2) is 9.59 Å². The van der Waals surface area contributed by atoms with Crippen molar-refractivity contribution < 1.29 is 19.1 Å². The molecule has 2 aliphatic heterocycles. The van der Waals surface area contributed by atoms with Crippen molar-refractivity contribution in [1.82, 2.24) is 15.1 Å². The molecule has 0 aliphatic carbocycles. The maximum atomic E-state index is 13.3. The van der Waals surface area contributed by atoms with Crippen LogP contribution in [-0.2, 0) is 19.1 Å². The molecule has 1 aromatic rings. The van der Waals surface area contributed by atoms with Gasteiger partial charge in [-0.15, -0.1) is 0 Å². The molecule has 1 atom stereocenters. The minimum atomic E-state index is -0.675. The van der Waals surface area contributed by atoms with Gasteiger partial charge in [-0.1, -0.05) is 29.8 Å². The third-order valence-corrected chi connectivity index (χ3v) is 6.17. The van der Waals surface area contributed by atoms with Crippen molar-refractivity contribution in [3.63, 3.8) is 0 Å². The number of esters is 2. The molecule has 0 amide bonds. The third kappa shape index (κ3) is 5.34. The van der Waals surface area contributed by atoms with Crippen molar-refractivity contribution in [1.29, 1.82) is 0 Å². The van der Waals surface area contributed by atoms with Crippen LogP contribution in [-0.4, -0.2) is 74.7 Å². The van der Waals surface area contributed by atoms with Gasteiger partial charge in [-0.2, -0.15) is 0 Å². The quantitative estimate of drug-likeness (QED) is 0.626. The largest absolute Gasteiger partial charge is 0.463 e. The molecule has 0 saturated carbocycles. The Morgan fingerprint density at radius 3 is 2.22 bits per heavy atom. The van der Waals surface area contributed by atoms with Gasteiger partial charge in [-0.05, 0) is 39.4 Å². The highest BCUT2D eigenvalue weighted by Gasteiger charge is 2.40. The molecule has 1 aromatic carbocycles. The third-order valence-electron chi connectivity index (χ3n) is 5.83. The van der Waals surface area contributed by atoms with E-state index in [1.807, 2.05) is 25.1 Å². The number of hydrogen-bond donors (Lipinski definition) is 1. The first-order valence-electron chi connectivity index (χ1n) is 11.1. The number of ether oxygens (including phenoxy) is 2. The molecule has 0 aromatic heterocycles. The van der Waals surface area contributed by atoms with Crippen molar-refractivity contribution in [2.75, 3.05) is 53.0 Å². The maximum Gasteiger partial charge on any atom is 0.336 e. The summed E-state index contributed by atoms with van der Waals surface area (Å²) in [7, 11) is 2.10. The van der Waals surface area contributed by atoms with E-state index in [1.54, 1.807) is 19.9 Å². The summed E-state index contributed by atoms with van der Waals surface area (Å²) in [6, 6.07) is 7.29. The first kappa shape index (κ1) is 24.3. The van der Waals surface area contributed by atoms with Gasteiger partial charge >= 0.3 is 11.9 Å². The first-order valence-corrected chi connectivity index (χ1v) is 11.5. The number of carbonyl (C=O) groups is 2. The second-order valence-electron chi connectivity index (χ2n) is 8.03. The molecule has 8 heteroatoms. The predicted octanol–water partition coefficient (Wildman–Crippen LogP) is 2.93. The lowest BCUT2D eigenvalue weighted by atomic mass is 9.80. The minimum Gasteiger partial charge on any atom is -0.463 e. The van der Waals surface area contributed by atoms with E-state index in [2.05, 4.69) is 22.2 Å². The Hall–Kier alpha value is -2.35. The van der Waals surface area contributed by atoms with E-state index >= 15 is 0 Å². The SMILES string of the molecule is CCOC(=O)C1=C(C)NC(CN2CCN(C)CC2)=C(C(=O)OCC)C1c1ccccc1Cl. The highest BCUT2D eigenvalue weighted by molar-refractivity contribution is 6.31. The van der Waals surface area contributed by atoms with E-state index in [-0.39, 0.29) is 13.2 Å². The van der Waals surface area contributed by atoms with Gasteiger partial charge in [0.25, 0.3) is 0 Å². The van der Waals surface area contributed by atoms with Crippen LogP contribution in [0.1, 0.15) is 32.3 Å². The van der Waals surface area contributed by atoms with Crippen LogP contribution in [0, 0.1) is 0 Å². The molecular formula is C24H32ClN3O4. The van der Waals surface area contributed by atoms with E-state index in [9.17, 15) is 9.59 Å². The molecule has 174 valence electrons. The predicted molar refractivity (Wildman–Crippen MR) is 124 cm³/mol. The van der Waals surface area contributed by atoms with Crippen molar-refractivity contribution in [3.8, 4) is 0 Å². The van der Waals surface area contributed by atoms with Crippen molar-refractivity contribution in [3.05, 3.63) is 57.4 Å². The molecular weight excluding hydrogens is 430 g/mol. The maximum absolute atomic E-state index is 13.3. The van der Waals surface area contributed by atoms with Gasteiger partial charge in [0.05, 0.1) is 30.3 Å². The first-order chi connectivity index (χ1) is 15.4. The fourth-order valence-electron chi connectivity index (χ4n) is 4.20. The van der Waals surface area contributed by atoms with E-state index in [1.165, 1.54) is 0 Å². The van der Waals surface area contributed by atoms with Crippen LogP contribution >= 0.6 is 11.6 Å². The van der Waals surface area contributed by atoms with Crippen LogP contribution < -0.4 is 5.32 Å². The molecule has 1 fully saturated rings. The van der Waals surface area contributed by atoms with Gasteiger partial charge in [0, 0.05) is 49.1 Å². The Morgan fingerprint density at radius 1 is 1.03 bits per heavy atom. The summed E-state index contributed by atoms with van der Waals surface area (Å²) in [5, 5.41) is 3.81. The zero-order valence-corrected chi connectivity index (χ0v) is 20.0. The number of likely N-dealkylation sites (N-methyl/N-ethyl adjacent to an activating group) is 1. The molecule has 3 rings (SSSR count). The highest BCUT2D eigenvalue weighted by Crippen LogP contribution is 2.42.